The van der Waals surface area contributed by atoms with Gasteiger partial charge in [-0.05, 0) is 99.4 Å². The van der Waals surface area contributed by atoms with Crippen molar-refractivity contribution < 1.29 is 8.83 Å². The molecule has 0 saturated carbocycles. The van der Waals surface area contributed by atoms with Crippen LogP contribution in [0, 0.1) is 0 Å². The minimum Gasteiger partial charge on any atom is -0.456 e. The smallest absolute Gasteiger partial charge is 0.159 e. The summed E-state index contributed by atoms with van der Waals surface area (Å²) in [7, 11) is 0. The zero-order chi connectivity index (χ0) is 36.3. The third kappa shape index (κ3) is 5.28. The van der Waals surface area contributed by atoms with Crippen molar-refractivity contribution in [1.29, 1.82) is 0 Å². The summed E-state index contributed by atoms with van der Waals surface area (Å²) in [5.41, 5.74) is 13.4. The van der Waals surface area contributed by atoms with E-state index in [9.17, 15) is 0 Å². The summed E-state index contributed by atoms with van der Waals surface area (Å²) in [6.07, 6.45) is 0. The van der Waals surface area contributed by atoms with Crippen molar-refractivity contribution in [3.8, 4) is 33.4 Å². The van der Waals surface area contributed by atoms with E-state index in [-0.39, 0.29) is 0 Å². The first-order valence-corrected chi connectivity index (χ1v) is 18.7. The van der Waals surface area contributed by atoms with Gasteiger partial charge in [0.1, 0.15) is 16.7 Å². The molecule has 0 atom stereocenters. The third-order valence-corrected chi connectivity index (χ3v) is 10.8. The van der Waals surface area contributed by atoms with Crippen molar-refractivity contribution in [3.63, 3.8) is 0 Å². The Labute approximate surface area is 317 Å². The lowest BCUT2D eigenvalue weighted by Gasteiger charge is -2.27. The van der Waals surface area contributed by atoms with Crippen LogP contribution in [-0.2, 0) is 0 Å². The number of furan rings is 2. The molecule has 55 heavy (non-hydrogen) atoms. The summed E-state index contributed by atoms with van der Waals surface area (Å²) in [4.78, 5) is 2.35. The fourth-order valence-electron chi connectivity index (χ4n) is 8.16. The van der Waals surface area contributed by atoms with Crippen LogP contribution in [0.15, 0.2) is 209 Å². The Kier molecular flexibility index (Phi) is 7.17. The molecule has 0 radical (unpaired) electrons. The van der Waals surface area contributed by atoms with Crippen molar-refractivity contribution in [3.05, 3.63) is 200 Å². The quantitative estimate of drug-likeness (QED) is 0.173. The fraction of sp³-hybridized carbons (Fsp3) is 0. The van der Waals surface area contributed by atoms with Gasteiger partial charge in [0, 0.05) is 38.3 Å². The van der Waals surface area contributed by atoms with E-state index in [4.69, 9.17) is 8.83 Å². The molecule has 0 aliphatic rings. The van der Waals surface area contributed by atoms with E-state index >= 15 is 0 Å². The molecule has 3 nitrogen and oxygen atoms in total. The van der Waals surface area contributed by atoms with Crippen LogP contribution >= 0.6 is 0 Å². The minimum absolute atomic E-state index is 0.847. The van der Waals surface area contributed by atoms with Crippen LogP contribution in [0.1, 0.15) is 0 Å². The van der Waals surface area contributed by atoms with Crippen LogP contribution in [0.3, 0.4) is 0 Å². The van der Waals surface area contributed by atoms with Gasteiger partial charge in [-0.1, -0.05) is 140 Å². The lowest BCUT2D eigenvalue weighted by atomic mass is 9.97. The Hall–Kier alpha value is -7.36. The molecule has 0 aliphatic carbocycles. The Balaban J connectivity index is 1.12. The monoisotopic (exact) mass is 703 g/mol. The highest BCUT2D eigenvalue weighted by Gasteiger charge is 2.22. The average molecular weight is 704 g/mol. The summed E-state index contributed by atoms with van der Waals surface area (Å²) < 4.78 is 13.2. The lowest BCUT2D eigenvalue weighted by Crippen LogP contribution is -2.10. The molecule has 0 N–H and O–H groups in total. The summed E-state index contributed by atoms with van der Waals surface area (Å²) in [5, 5.41) is 6.72. The first kappa shape index (κ1) is 31.2. The van der Waals surface area contributed by atoms with Crippen LogP contribution in [0.4, 0.5) is 17.1 Å². The average Bonchev–Trinajstić information content (AvgIpc) is 3.84. The van der Waals surface area contributed by atoms with E-state index < -0.39 is 0 Å². The Bertz CT molecular complexity index is 3140. The van der Waals surface area contributed by atoms with Gasteiger partial charge < -0.3 is 13.7 Å². The molecular weight excluding hydrogens is 671 g/mol. The molecule has 0 unspecified atom stereocenters. The Morgan fingerprint density at radius 3 is 1.64 bits per heavy atom. The van der Waals surface area contributed by atoms with Gasteiger partial charge in [-0.2, -0.15) is 0 Å². The van der Waals surface area contributed by atoms with Crippen LogP contribution in [0.2, 0.25) is 0 Å². The lowest BCUT2D eigenvalue weighted by molar-refractivity contribution is 0.669. The molecule has 0 fully saturated rings. The summed E-state index contributed by atoms with van der Waals surface area (Å²) in [6.45, 7) is 0. The molecule has 11 aromatic rings. The maximum Gasteiger partial charge on any atom is 0.159 e. The molecule has 0 saturated heterocycles. The third-order valence-electron chi connectivity index (χ3n) is 10.8. The van der Waals surface area contributed by atoms with Crippen LogP contribution in [0.25, 0.3) is 88.0 Å². The first-order chi connectivity index (χ1) is 27.2. The van der Waals surface area contributed by atoms with Gasteiger partial charge in [-0.15, -0.1) is 0 Å². The molecule has 0 amide bonds. The van der Waals surface area contributed by atoms with Crippen molar-refractivity contribution in [2.75, 3.05) is 4.90 Å². The molecule has 9 aromatic carbocycles. The second kappa shape index (κ2) is 12.6. The van der Waals surface area contributed by atoms with Crippen molar-refractivity contribution in [1.82, 2.24) is 0 Å². The predicted octanol–water partition coefficient (Wildman–Crippen LogP) is 15.1. The first-order valence-electron chi connectivity index (χ1n) is 18.7. The van der Waals surface area contributed by atoms with Crippen molar-refractivity contribution in [2.45, 2.75) is 0 Å². The number of benzene rings is 9. The summed E-state index contributed by atoms with van der Waals surface area (Å²) in [5.74, 6) is 0. The number of hydrogen-bond donors (Lipinski definition) is 0. The number of rotatable bonds is 6. The normalized spacial score (nSPS) is 11.6. The maximum atomic E-state index is 6.96. The van der Waals surface area contributed by atoms with Crippen molar-refractivity contribution in [2.24, 2.45) is 0 Å². The van der Waals surface area contributed by atoms with E-state index in [2.05, 4.69) is 193 Å². The number of fused-ring (bicyclic) bond motifs is 8. The van der Waals surface area contributed by atoms with E-state index in [0.29, 0.717) is 0 Å². The zero-order valence-corrected chi connectivity index (χ0v) is 29.8. The van der Waals surface area contributed by atoms with E-state index in [0.717, 1.165) is 105 Å². The largest absolute Gasteiger partial charge is 0.456 e. The van der Waals surface area contributed by atoms with Crippen molar-refractivity contribution >= 4 is 71.7 Å². The molecular formula is C52H33NO2. The van der Waals surface area contributed by atoms with Crippen LogP contribution < -0.4 is 4.90 Å². The SMILES string of the molecule is c1ccc(-c2cc(-c3ccccc3)cc(N(c3ccc(-c4ccc5c(c4)oc4ccccc45)cc3)c3cccc4c3oc3c5ccccc5ccc43)c2)cc1. The van der Waals surface area contributed by atoms with Gasteiger partial charge in [0.05, 0.1) is 5.69 Å². The molecule has 258 valence electrons. The number of nitrogens with zero attached hydrogens (tertiary/aromatic N) is 1. The summed E-state index contributed by atoms with van der Waals surface area (Å²) >= 11 is 0. The Morgan fingerprint density at radius 2 is 0.873 bits per heavy atom. The number of anilines is 3. The number of hydrogen-bond acceptors (Lipinski definition) is 3. The summed E-state index contributed by atoms with van der Waals surface area (Å²) in [6, 6.07) is 71.0. The van der Waals surface area contributed by atoms with Gasteiger partial charge in [-0.25, -0.2) is 0 Å². The minimum atomic E-state index is 0.847. The van der Waals surface area contributed by atoms with Gasteiger partial charge in [0.15, 0.2) is 5.58 Å². The van der Waals surface area contributed by atoms with Crippen LogP contribution in [0.5, 0.6) is 0 Å². The Morgan fingerprint density at radius 1 is 0.291 bits per heavy atom. The second-order valence-corrected chi connectivity index (χ2v) is 14.1. The highest BCUT2D eigenvalue weighted by molar-refractivity contribution is 6.17. The number of para-hydroxylation sites is 2. The molecule has 0 aliphatic heterocycles. The molecule has 3 heteroatoms. The molecule has 0 bridgehead atoms. The van der Waals surface area contributed by atoms with Gasteiger partial charge >= 0.3 is 0 Å². The van der Waals surface area contributed by atoms with Gasteiger partial charge in [0.25, 0.3) is 0 Å². The zero-order valence-electron chi connectivity index (χ0n) is 29.8. The van der Waals surface area contributed by atoms with Crippen LogP contribution in [-0.4, -0.2) is 0 Å². The molecule has 2 heterocycles. The second-order valence-electron chi connectivity index (χ2n) is 14.1. The van der Waals surface area contributed by atoms with E-state index in [1.807, 2.05) is 12.1 Å². The molecule has 0 spiro atoms. The standard InChI is InChI=1S/C52H33NO2/c1-3-12-34(13-4-1)39-30-40(35-14-5-2-6-15-35)32-42(31-39)53(48-20-11-19-46-47-29-24-37-16-7-8-17-43(37)51(47)55-52(46)48)41-26-22-36(23-27-41)38-25-28-45-44-18-9-10-21-49(44)54-50(45)33-38/h1-33H. The maximum absolute atomic E-state index is 6.96. The predicted molar refractivity (Wildman–Crippen MR) is 229 cm³/mol. The highest BCUT2D eigenvalue weighted by Crippen LogP contribution is 2.45. The molecule has 2 aromatic heterocycles. The molecule has 11 rings (SSSR count). The fourth-order valence-corrected chi connectivity index (χ4v) is 8.16. The van der Waals surface area contributed by atoms with E-state index in [1.54, 1.807) is 0 Å². The highest BCUT2D eigenvalue weighted by atomic mass is 16.3. The van der Waals surface area contributed by atoms with Gasteiger partial charge in [-0.3, -0.25) is 0 Å². The topological polar surface area (TPSA) is 29.5 Å². The van der Waals surface area contributed by atoms with E-state index in [1.165, 1.54) is 0 Å². The van der Waals surface area contributed by atoms with Gasteiger partial charge in [0.2, 0.25) is 0 Å².